The van der Waals surface area contributed by atoms with Gasteiger partial charge in [-0.25, -0.2) is 8.42 Å². The molecule has 1 heterocycles. The Hall–Kier alpha value is -3.10. The van der Waals surface area contributed by atoms with E-state index < -0.39 is 10.0 Å². The Morgan fingerprint density at radius 2 is 1.71 bits per heavy atom. The number of benzene rings is 2. The minimum absolute atomic E-state index is 0.0541. The lowest BCUT2D eigenvalue weighted by atomic mass is 10.2. The van der Waals surface area contributed by atoms with Crippen molar-refractivity contribution in [2.75, 3.05) is 21.2 Å². The largest absolute Gasteiger partial charge is 0.495 e. The van der Waals surface area contributed by atoms with Crippen LogP contribution in [-0.4, -0.2) is 44.7 Å². The number of hydrogen-bond acceptors (Lipinski definition) is 5. The Labute approximate surface area is 182 Å². The quantitative estimate of drug-likeness (QED) is 0.532. The van der Waals surface area contributed by atoms with Crippen LogP contribution in [0.2, 0.25) is 0 Å². The zero-order valence-corrected chi connectivity index (χ0v) is 18.8. The van der Waals surface area contributed by atoms with Crippen LogP contribution in [0.15, 0.2) is 70.0 Å². The maximum Gasteiger partial charge on any atom is 0.254 e. The summed E-state index contributed by atoms with van der Waals surface area (Å²) < 4.78 is 38.6. The second kappa shape index (κ2) is 9.36. The van der Waals surface area contributed by atoms with Crippen molar-refractivity contribution in [2.45, 2.75) is 24.9 Å². The predicted octanol–water partition coefficient (Wildman–Crippen LogP) is 3.69. The summed E-state index contributed by atoms with van der Waals surface area (Å²) in [4.78, 5) is 14.4. The number of hydrogen-bond donors (Lipinski definition) is 0. The van der Waals surface area contributed by atoms with Gasteiger partial charge in [-0.05, 0) is 42.8 Å². The second-order valence-electron chi connectivity index (χ2n) is 7.29. The van der Waals surface area contributed by atoms with Crippen LogP contribution >= 0.6 is 0 Å². The zero-order valence-electron chi connectivity index (χ0n) is 18.0. The summed E-state index contributed by atoms with van der Waals surface area (Å²) in [5.41, 5.74) is 1.10. The summed E-state index contributed by atoms with van der Waals surface area (Å²) in [6.45, 7) is 2.30. The van der Waals surface area contributed by atoms with Gasteiger partial charge in [-0.1, -0.05) is 30.3 Å². The molecule has 1 aromatic heterocycles. The van der Waals surface area contributed by atoms with E-state index in [1.807, 2.05) is 49.4 Å². The Bertz CT molecular complexity index is 1160. The zero-order chi connectivity index (χ0) is 22.6. The molecule has 0 fully saturated rings. The summed E-state index contributed by atoms with van der Waals surface area (Å²) in [7, 11) is 0.644. The fourth-order valence-electron chi connectivity index (χ4n) is 3.20. The molecule has 2 aromatic carbocycles. The minimum atomic E-state index is -3.90. The van der Waals surface area contributed by atoms with Crippen molar-refractivity contribution in [1.29, 1.82) is 0 Å². The lowest BCUT2D eigenvalue weighted by molar-refractivity contribution is 0.0774. The summed E-state index contributed by atoms with van der Waals surface area (Å²) in [5, 5.41) is 0. The standard InChI is InChI=1S/C23H26N2O5S/c1-17-10-12-20(30-17)16-24(2)23(26)19-11-13-21(29-4)22(14-19)31(27,28)25(3)15-18-8-6-5-7-9-18/h5-14H,15-16H2,1-4H3. The Balaban J connectivity index is 1.87. The third-order valence-electron chi connectivity index (χ3n) is 4.88. The fraction of sp³-hybridized carbons (Fsp3) is 0.261. The highest BCUT2D eigenvalue weighted by Crippen LogP contribution is 2.29. The van der Waals surface area contributed by atoms with Gasteiger partial charge in [0.15, 0.2) is 0 Å². The maximum atomic E-state index is 13.3. The molecule has 0 saturated carbocycles. The van der Waals surface area contributed by atoms with E-state index in [1.54, 1.807) is 13.1 Å². The first-order valence-electron chi connectivity index (χ1n) is 9.71. The topological polar surface area (TPSA) is 80.1 Å². The van der Waals surface area contributed by atoms with E-state index in [9.17, 15) is 13.2 Å². The first-order valence-corrected chi connectivity index (χ1v) is 11.2. The average molecular weight is 443 g/mol. The van der Waals surface area contributed by atoms with E-state index in [1.165, 1.54) is 35.5 Å². The van der Waals surface area contributed by atoms with Crippen LogP contribution in [0.5, 0.6) is 5.75 Å². The second-order valence-corrected chi connectivity index (χ2v) is 9.30. The average Bonchev–Trinajstić information content (AvgIpc) is 3.17. The monoisotopic (exact) mass is 442 g/mol. The molecule has 0 radical (unpaired) electrons. The van der Waals surface area contributed by atoms with Crippen LogP contribution in [0.3, 0.4) is 0 Å². The van der Waals surface area contributed by atoms with Crippen molar-refractivity contribution in [3.8, 4) is 5.75 Å². The fourth-order valence-corrected chi connectivity index (χ4v) is 4.54. The van der Waals surface area contributed by atoms with Crippen LogP contribution in [0.1, 0.15) is 27.4 Å². The van der Waals surface area contributed by atoms with Crippen molar-refractivity contribution in [3.63, 3.8) is 0 Å². The minimum Gasteiger partial charge on any atom is -0.495 e. The van der Waals surface area contributed by atoms with E-state index in [0.29, 0.717) is 5.76 Å². The number of carbonyl (C=O) groups excluding carboxylic acids is 1. The number of aryl methyl sites for hydroxylation is 1. The van der Waals surface area contributed by atoms with Crippen LogP contribution in [0, 0.1) is 6.92 Å². The van der Waals surface area contributed by atoms with Crippen molar-refractivity contribution >= 4 is 15.9 Å². The lowest BCUT2D eigenvalue weighted by Gasteiger charge is -2.21. The SMILES string of the molecule is COc1ccc(C(=O)N(C)Cc2ccc(C)o2)cc1S(=O)(=O)N(C)Cc1ccccc1. The maximum absolute atomic E-state index is 13.3. The summed E-state index contributed by atoms with van der Waals surface area (Å²) in [5.74, 6) is 1.27. The van der Waals surface area contributed by atoms with Gasteiger partial charge in [-0.3, -0.25) is 4.79 Å². The number of methoxy groups -OCH3 is 1. The molecule has 8 heteroatoms. The van der Waals surface area contributed by atoms with E-state index in [-0.39, 0.29) is 35.2 Å². The molecule has 1 amide bonds. The Morgan fingerprint density at radius 3 is 2.32 bits per heavy atom. The molecule has 7 nitrogen and oxygen atoms in total. The van der Waals surface area contributed by atoms with Gasteiger partial charge in [0.2, 0.25) is 10.0 Å². The van der Waals surface area contributed by atoms with Gasteiger partial charge in [-0.15, -0.1) is 0 Å². The molecule has 31 heavy (non-hydrogen) atoms. The molecule has 164 valence electrons. The van der Waals surface area contributed by atoms with E-state index in [0.717, 1.165) is 11.3 Å². The molecule has 0 bridgehead atoms. The molecule has 0 unspecified atom stereocenters. The highest BCUT2D eigenvalue weighted by atomic mass is 32.2. The van der Waals surface area contributed by atoms with Crippen LogP contribution in [0.25, 0.3) is 0 Å². The number of sulfonamides is 1. The normalized spacial score (nSPS) is 11.5. The number of ether oxygens (including phenoxy) is 1. The van der Waals surface area contributed by atoms with Gasteiger partial charge < -0.3 is 14.1 Å². The van der Waals surface area contributed by atoms with Gasteiger partial charge in [0.1, 0.15) is 22.2 Å². The molecule has 0 saturated heterocycles. The molecular formula is C23H26N2O5S. The molecule has 3 aromatic rings. The van der Waals surface area contributed by atoms with Gasteiger partial charge in [-0.2, -0.15) is 4.31 Å². The third-order valence-corrected chi connectivity index (χ3v) is 6.71. The summed E-state index contributed by atoms with van der Waals surface area (Å²) in [6, 6.07) is 17.3. The number of furan rings is 1. The molecule has 3 rings (SSSR count). The highest BCUT2D eigenvalue weighted by molar-refractivity contribution is 7.89. The van der Waals surface area contributed by atoms with Gasteiger partial charge >= 0.3 is 0 Å². The van der Waals surface area contributed by atoms with Crippen molar-refractivity contribution < 1.29 is 22.4 Å². The van der Waals surface area contributed by atoms with Gasteiger partial charge in [0.05, 0.1) is 13.7 Å². The molecule has 0 spiro atoms. The van der Waals surface area contributed by atoms with Crippen molar-refractivity contribution in [2.24, 2.45) is 0 Å². The van der Waals surface area contributed by atoms with Gasteiger partial charge in [0, 0.05) is 26.2 Å². The lowest BCUT2D eigenvalue weighted by Crippen LogP contribution is -2.28. The highest BCUT2D eigenvalue weighted by Gasteiger charge is 2.27. The van der Waals surface area contributed by atoms with Crippen molar-refractivity contribution in [1.82, 2.24) is 9.21 Å². The number of carbonyl (C=O) groups is 1. The van der Waals surface area contributed by atoms with Crippen LogP contribution in [-0.2, 0) is 23.1 Å². The first kappa shape index (κ1) is 22.6. The molecule has 0 aliphatic carbocycles. The van der Waals surface area contributed by atoms with Crippen LogP contribution < -0.4 is 4.74 Å². The third kappa shape index (κ3) is 5.15. The summed E-state index contributed by atoms with van der Waals surface area (Å²) in [6.07, 6.45) is 0. The number of rotatable bonds is 8. The summed E-state index contributed by atoms with van der Waals surface area (Å²) >= 11 is 0. The number of nitrogens with zero attached hydrogens (tertiary/aromatic N) is 2. The molecule has 0 N–H and O–H groups in total. The van der Waals surface area contributed by atoms with Crippen LogP contribution in [0.4, 0.5) is 0 Å². The first-order chi connectivity index (χ1) is 14.7. The smallest absolute Gasteiger partial charge is 0.254 e. The molecule has 0 aliphatic rings. The van der Waals surface area contributed by atoms with E-state index >= 15 is 0 Å². The molecule has 0 aliphatic heterocycles. The molecular weight excluding hydrogens is 416 g/mol. The number of amides is 1. The Kier molecular flexibility index (Phi) is 6.82. The predicted molar refractivity (Wildman–Crippen MR) is 117 cm³/mol. The Morgan fingerprint density at radius 1 is 1.00 bits per heavy atom. The van der Waals surface area contributed by atoms with Crippen molar-refractivity contribution in [3.05, 3.63) is 83.3 Å². The van der Waals surface area contributed by atoms with E-state index in [2.05, 4.69) is 0 Å². The van der Waals surface area contributed by atoms with Gasteiger partial charge in [0.25, 0.3) is 5.91 Å². The van der Waals surface area contributed by atoms with E-state index in [4.69, 9.17) is 9.15 Å². The molecule has 0 atom stereocenters.